The van der Waals surface area contributed by atoms with E-state index >= 15 is 0 Å². The van der Waals surface area contributed by atoms with Crippen LogP contribution in [0.2, 0.25) is 0 Å². The van der Waals surface area contributed by atoms with Crippen molar-refractivity contribution in [3.63, 3.8) is 0 Å². The summed E-state index contributed by atoms with van der Waals surface area (Å²) in [6.07, 6.45) is 3.32. The Morgan fingerprint density at radius 1 is 1.18 bits per heavy atom. The molecule has 9 atom stereocenters. The van der Waals surface area contributed by atoms with Crippen molar-refractivity contribution in [3.05, 3.63) is 24.3 Å². The van der Waals surface area contributed by atoms with Crippen LogP contribution in [0.5, 0.6) is 5.75 Å². The molecule has 39 heavy (non-hydrogen) atoms. The minimum atomic E-state index is -0.728. The van der Waals surface area contributed by atoms with Gasteiger partial charge in [-0.05, 0) is 62.8 Å². The van der Waals surface area contributed by atoms with Gasteiger partial charge in [0, 0.05) is 17.0 Å². The van der Waals surface area contributed by atoms with Gasteiger partial charge >= 0.3 is 0 Å². The fourth-order valence-corrected chi connectivity index (χ4v) is 9.49. The Hall–Kier alpha value is -2.26. The van der Waals surface area contributed by atoms with Gasteiger partial charge < -0.3 is 25.4 Å². The van der Waals surface area contributed by atoms with Gasteiger partial charge in [-0.1, -0.05) is 40.5 Å². The first-order valence-corrected chi connectivity index (χ1v) is 15.5. The predicted octanol–water partition coefficient (Wildman–Crippen LogP) is 4.07. The molecule has 0 radical (unpaired) electrons. The molecule has 3 aliphatic heterocycles. The number of nitrogens with one attached hydrogen (secondary N) is 2. The van der Waals surface area contributed by atoms with Crippen molar-refractivity contribution in [2.24, 2.45) is 23.7 Å². The van der Waals surface area contributed by atoms with Crippen molar-refractivity contribution in [3.8, 4) is 5.75 Å². The summed E-state index contributed by atoms with van der Waals surface area (Å²) in [6.45, 7) is 12.5. The Morgan fingerprint density at radius 2 is 1.87 bits per heavy atom. The van der Waals surface area contributed by atoms with Gasteiger partial charge in [0.15, 0.2) is 0 Å². The molecule has 9 heteroatoms. The van der Waals surface area contributed by atoms with E-state index in [1.807, 2.05) is 39.8 Å². The van der Waals surface area contributed by atoms with Crippen LogP contribution >= 0.6 is 11.8 Å². The van der Waals surface area contributed by atoms with Crippen LogP contribution in [0.1, 0.15) is 67.2 Å². The highest BCUT2D eigenvalue weighted by atomic mass is 32.2. The molecule has 4 rings (SSSR count). The number of rotatable bonds is 12. The lowest BCUT2D eigenvalue weighted by atomic mass is 9.65. The maximum atomic E-state index is 14.4. The van der Waals surface area contributed by atoms with Crippen molar-refractivity contribution in [1.29, 1.82) is 0 Å². The van der Waals surface area contributed by atoms with Gasteiger partial charge in [0.1, 0.15) is 11.8 Å². The summed E-state index contributed by atoms with van der Waals surface area (Å²) in [5, 5.41) is 16.7. The molecule has 4 unspecified atom stereocenters. The molecular weight excluding hydrogens is 514 g/mol. The third-order valence-corrected chi connectivity index (χ3v) is 11.2. The van der Waals surface area contributed by atoms with E-state index in [0.29, 0.717) is 12.3 Å². The zero-order valence-electron chi connectivity index (χ0n) is 24.1. The summed E-state index contributed by atoms with van der Waals surface area (Å²) in [6, 6.07) is 6.01. The van der Waals surface area contributed by atoms with Gasteiger partial charge in [-0.25, -0.2) is 0 Å². The van der Waals surface area contributed by atoms with Crippen molar-refractivity contribution >= 4 is 35.2 Å². The number of aliphatic hydroxyl groups excluding tert-OH is 1. The molecule has 0 aromatic heterocycles. The topological polar surface area (TPSA) is 108 Å². The Morgan fingerprint density at radius 3 is 2.46 bits per heavy atom. The summed E-state index contributed by atoms with van der Waals surface area (Å²) in [7, 11) is 0. The van der Waals surface area contributed by atoms with Crippen LogP contribution < -0.4 is 15.4 Å². The number of aliphatic hydroxyl groups is 1. The third-order valence-electron chi connectivity index (χ3n) is 9.12. The molecule has 1 aromatic rings. The van der Waals surface area contributed by atoms with Crippen LogP contribution in [0, 0.1) is 23.7 Å². The normalized spacial score (nSPS) is 31.5. The van der Waals surface area contributed by atoms with E-state index in [4.69, 9.17) is 4.74 Å². The summed E-state index contributed by atoms with van der Waals surface area (Å²) in [4.78, 5) is 43.9. The Labute approximate surface area is 237 Å². The van der Waals surface area contributed by atoms with Gasteiger partial charge in [-0.3, -0.25) is 14.4 Å². The van der Waals surface area contributed by atoms with Crippen LogP contribution in [0.4, 0.5) is 5.69 Å². The van der Waals surface area contributed by atoms with Crippen LogP contribution in [0.25, 0.3) is 0 Å². The number of carbonyl (C=O) groups excluding carboxylic acids is 3. The fraction of sp³-hybridized carbons (Fsp3) is 0.700. The van der Waals surface area contributed by atoms with Crippen LogP contribution in [0.15, 0.2) is 24.3 Å². The second kappa shape index (κ2) is 12.1. The maximum Gasteiger partial charge on any atom is 0.244 e. The maximum absolute atomic E-state index is 14.4. The Kier molecular flexibility index (Phi) is 9.21. The molecule has 3 heterocycles. The molecular formula is C30H45N3O5S. The standard InChI is InChI=1S/C30H45N3O5S/c1-7-10-19(6)31-28(36)26-30-18(5)15-23(39-30)24(25(30)29(37)33(26)22(16-34)17(4)8-2)27(35)32-20-11-13-21(14-12-20)38-9-3/h11-14,17-19,22-26,34H,7-10,15-16H2,1-6H3,(H,31,36)(H,32,35)/t17-,18?,19?,22-,23+,24-,25-,26?,30?/m0/s1. The highest BCUT2D eigenvalue weighted by Crippen LogP contribution is 2.69. The van der Waals surface area contributed by atoms with Crippen LogP contribution in [-0.2, 0) is 14.4 Å². The minimum absolute atomic E-state index is 0.00572. The van der Waals surface area contributed by atoms with Crippen molar-refractivity contribution < 1.29 is 24.2 Å². The predicted molar refractivity (Wildman–Crippen MR) is 155 cm³/mol. The van der Waals surface area contributed by atoms with E-state index in [-0.39, 0.29) is 47.5 Å². The number of amides is 3. The van der Waals surface area contributed by atoms with Gasteiger partial charge in [0.25, 0.3) is 0 Å². The van der Waals surface area contributed by atoms with Gasteiger partial charge in [0.2, 0.25) is 17.7 Å². The number of hydrogen-bond donors (Lipinski definition) is 3. The van der Waals surface area contributed by atoms with E-state index < -0.39 is 28.7 Å². The molecule has 2 bridgehead atoms. The summed E-state index contributed by atoms with van der Waals surface area (Å²) >= 11 is 1.66. The average molecular weight is 560 g/mol. The van der Waals surface area contributed by atoms with Gasteiger partial charge in [0.05, 0.1) is 35.8 Å². The first kappa shape index (κ1) is 29.7. The quantitative estimate of drug-likeness (QED) is 0.356. The van der Waals surface area contributed by atoms with E-state index in [9.17, 15) is 19.5 Å². The van der Waals surface area contributed by atoms with Crippen molar-refractivity contribution in [2.75, 3.05) is 18.5 Å². The first-order chi connectivity index (χ1) is 18.6. The molecule has 1 spiro atoms. The van der Waals surface area contributed by atoms with E-state index in [0.717, 1.165) is 31.4 Å². The number of fused-ring (bicyclic) bond motifs is 1. The molecule has 0 saturated carbocycles. The number of benzene rings is 1. The Bertz CT molecular complexity index is 1050. The summed E-state index contributed by atoms with van der Waals surface area (Å²) in [5.74, 6) is -0.878. The van der Waals surface area contributed by atoms with Gasteiger partial charge in [-0.15, -0.1) is 11.8 Å². The molecule has 3 fully saturated rings. The second-order valence-corrected chi connectivity index (χ2v) is 13.1. The molecule has 3 N–H and O–H groups in total. The number of carbonyl (C=O) groups is 3. The van der Waals surface area contributed by atoms with E-state index in [1.165, 1.54) is 0 Å². The molecule has 3 saturated heterocycles. The highest BCUT2D eigenvalue weighted by Gasteiger charge is 2.76. The molecule has 3 aliphatic rings. The number of ether oxygens (including phenoxy) is 1. The highest BCUT2D eigenvalue weighted by molar-refractivity contribution is 8.02. The van der Waals surface area contributed by atoms with Gasteiger partial charge in [-0.2, -0.15) is 0 Å². The first-order valence-electron chi connectivity index (χ1n) is 14.6. The molecule has 1 aromatic carbocycles. The average Bonchev–Trinajstić information content (AvgIpc) is 3.49. The Balaban J connectivity index is 1.70. The second-order valence-electron chi connectivity index (χ2n) is 11.6. The number of likely N-dealkylation sites (tertiary alicyclic amines) is 1. The van der Waals surface area contributed by atoms with E-state index in [1.54, 1.807) is 28.8 Å². The fourth-order valence-electron chi connectivity index (χ4n) is 7.08. The summed E-state index contributed by atoms with van der Waals surface area (Å²) < 4.78 is 4.80. The number of thioether (sulfide) groups is 1. The number of hydrogen-bond acceptors (Lipinski definition) is 6. The zero-order chi connectivity index (χ0) is 28.5. The van der Waals surface area contributed by atoms with E-state index in [2.05, 4.69) is 24.5 Å². The molecule has 3 amide bonds. The zero-order valence-corrected chi connectivity index (χ0v) is 24.9. The largest absolute Gasteiger partial charge is 0.494 e. The lowest BCUT2D eigenvalue weighted by Crippen LogP contribution is -2.60. The monoisotopic (exact) mass is 559 g/mol. The van der Waals surface area contributed by atoms with Crippen LogP contribution in [0.3, 0.4) is 0 Å². The molecule has 8 nitrogen and oxygen atoms in total. The minimum Gasteiger partial charge on any atom is -0.494 e. The summed E-state index contributed by atoms with van der Waals surface area (Å²) in [5.41, 5.74) is 0.649. The smallest absolute Gasteiger partial charge is 0.244 e. The molecule has 0 aliphatic carbocycles. The van der Waals surface area contributed by atoms with Crippen molar-refractivity contribution in [2.45, 2.75) is 95.3 Å². The lowest BCUT2D eigenvalue weighted by Gasteiger charge is -2.41. The molecule has 216 valence electrons. The number of anilines is 1. The SMILES string of the molecule is CCCC(C)NC(=O)C1N([C@@H](CO)[C@@H](C)CC)C(=O)[C@@H]2[C@@H](C(=O)Nc3ccc(OCC)cc3)[C@H]3CC(C)C12S3. The number of nitrogens with zero attached hydrogens (tertiary/aromatic N) is 1. The lowest BCUT2D eigenvalue weighted by molar-refractivity contribution is -0.143. The van der Waals surface area contributed by atoms with Crippen molar-refractivity contribution in [1.82, 2.24) is 10.2 Å². The van der Waals surface area contributed by atoms with Crippen LogP contribution in [-0.4, -0.2) is 69.1 Å². The third kappa shape index (κ3) is 5.17.